The molecule has 0 bridgehead atoms. The number of rotatable bonds is 2. The zero-order valence-electron chi connectivity index (χ0n) is 14.1. The molecule has 3 rings (SSSR count). The fraction of sp³-hybridized carbons (Fsp3) is 0.316. The van der Waals surface area contributed by atoms with Gasteiger partial charge in [0.15, 0.2) is 5.11 Å². The summed E-state index contributed by atoms with van der Waals surface area (Å²) in [5.41, 5.74) is 4.79. The zero-order chi connectivity index (χ0) is 17.1. The molecule has 0 aromatic heterocycles. The van der Waals surface area contributed by atoms with Gasteiger partial charge in [0.2, 0.25) is 0 Å². The van der Waals surface area contributed by atoms with Gasteiger partial charge >= 0.3 is 0 Å². The van der Waals surface area contributed by atoms with Crippen LogP contribution in [0.4, 0.5) is 11.4 Å². The van der Waals surface area contributed by atoms with Gasteiger partial charge in [-0.3, -0.25) is 0 Å². The number of thiocarbonyl (C=S) groups is 1. The highest BCUT2D eigenvalue weighted by molar-refractivity contribution is 7.80. The number of hydrogen-bond acceptors (Lipinski definition) is 2. The standard InChI is InChI=1S/C19H22ClN3S/c1-14-5-3-8-18(15(14)2)21-19(24)23-11-9-22(10-12-23)17-7-4-6-16(20)13-17/h3-8,13H,9-12H2,1-2H3,(H,21,24). The molecular weight excluding hydrogens is 338 g/mol. The topological polar surface area (TPSA) is 18.5 Å². The summed E-state index contributed by atoms with van der Waals surface area (Å²) in [5.74, 6) is 0. The molecule has 126 valence electrons. The van der Waals surface area contributed by atoms with Crippen LogP contribution in [0, 0.1) is 13.8 Å². The summed E-state index contributed by atoms with van der Waals surface area (Å²) in [5, 5.41) is 4.98. The van der Waals surface area contributed by atoms with Crippen LogP contribution in [0.25, 0.3) is 0 Å². The molecule has 0 saturated carbocycles. The number of aryl methyl sites for hydroxylation is 1. The highest BCUT2D eigenvalue weighted by atomic mass is 35.5. The maximum atomic E-state index is 6.09. The van der Waals surface area contributed by atoms with Crippen molar-refractivity contribution in [3.63, 3.8) is 0 Å². The molecule has 0 aliphatic carbocycles. The van der Waals surface area contributed by atoms with Gasteiger partial charge < -0.3 is 15.1 Å². The summed E-state index contributed by atoms with van der Waals surface area (Å²) < 4.78 is 0. The zero-order valence-corrected chi connectivity index (χ0v) is 15.6. The third kappa shape index (κ3) is 3.82. The average molecular weight is 360 g/mol. The van der Waals surface area contributed by atoms with Crippen LogP contribution in [0.5, 0.6) is 0 Å². The monoisotopic (exact) mass is 359 g/mol. The quantitative estimate of drug-likeness (QED) is 0.797. The predicted octanol–water partition coefficient (Wildman–Crippen LogP) is 4.48. The number of piperazine rings is 1. The van der Waals surface area contributed by atoms with E-state index in [9.17, 15) is 0 Å². The number of benzene rings is 2. The summed E-state index contributed by atoms with van der Waals surface area (Å²) in [6.07, 6.45) is 0. The first-order chi connectivity index (χ1) is 11.5. The molecule has 1 saturated heterocycles. The van der Waals surface area contributed by atoms with Gasteiger partial charge in [-0.15, -0.1) is 0 Å². The molecule has 0 spiro atoms. The van der Waals surface area contributed by atoms with E-state index in [-0.39, 0.29) is 0 Å². The Morgan fingerprint density at radius 1 is 1.04 bits per heavy atom. The van der Waals surface area contributed by atoms with Gasteiger partial charge in [-0.2, -0.15) is 0 Å². The van der Waals surface area contributed by atoms with Gasteiger partial charge in [-0.1, -0.05) is 29.8 Å². The summed E-state index contributed by atoms with van der Waals surface area (Å²) >= 11 is 11.7. The van der Waals surface area contributed by atoms with Crippen molar-refractivity contribution in [3.8, 4) is 0 Å². The van der Waals surface area contributed by atoms with Crippen molar-refractivity contribution in [2.45, 2.75) is 13.8 Å². The summed E-state index contributed by atoms with van der Waals surface area (Å²) in [6.45, 7) is 7.93. The molecule has 1 aliphatic rings. The van der Waals surface area contributed by atoms with Crippen molar-refractivity contribution in [1.29, 1.82) is 0 Å². The number of anilines is 2. The van der Waals surface area contributed by atoms with Crippen LogP contribution >= 0.6 is 23.8 Å². The highest BCUT2D eigenvalue weighted by Crippen LogP contribution is 2.22. The molecule has 0 radical (unpaired) electrons. The molecule has 24 heavy (non-hydrogen) atoms. The minimum Gasteiger partial charge on any atom is -0.368 e. The molecular formula is C19H22ClN3S. The minimum absolute atomic E-state index is 0.780. The molecule has 1 N–H and O–H groups in total. The van der Waals surface area contributed by atoms with E-state index in [0.717, 1.165) is 42.0 Å². The maximum absolute atomic E-state index is 6.09. The molecule has 0 atom stereocenters. The largest absolute Gasteiger partial charge is 0.368 e. The Morgan fingerprint density at radius 3 is 2.46 bits per heavy atom. The van der Waals surface area contributed by atoms with Crippen molar-refractivity contribution >= 4 is 40.3 Å². The van der Waals surface area contributed by atoms with Crippen molar-refractivity contribution in [3.05, 3.63) is 58.6 Å². The Bertz CT molecular complexity index is 739. The molecule has 2 aromatic rings. The van der Waals surface area contributed by atoms with E-state index in [1.165, 1.54) is 16.8 Å². The lowest BCUT2D eigenvalue weighted by molar-refractivity contribution is 0.391. The van der Waals surface area contributed by atoms with Crippen LogP contribution in [-0.2, 0) is 0 Å². The predicted molar refractivity (Wildman–Crippen MR) is 107 cm³/mol. The summed E-state index contributed by atoms with van der Waals surface area (Å²) in [6, 6.07) is 14.3. The van der Waals surface area contributed by atoms with Crippen LogP contribution < -0.4 is 10.2 Å². The normalized spacial score (nSPS) is 14.6. The van der Waals surface area contributed by atoms with E-state index in [1.807, 2.05) is 18.2 Å². The lowest BCUT2D eigenvalue weighted by Gasteiger charge is -2.37. The molecule has 1 fully saturated rings. The van der Waals surface area contributed by atoms with E-state index in [0.29, 0.717) is 0 Å². The van der Waals surface area contributed by atoms with Crippen molar-refractivity contribution in [2.24, 2.45) is 0 Å². The fourth-order valence-electron chi connectivity index (χ4n) is 2.92. The van der Waals surface area contributed by atoms with Gasteiger partial charge in [0.05, 0.1) is 0 Å². The van der Waals surface area contributed by atoms with Gasteiger partial charge in [0.1, 0.15) is 0 Å². The number of nitrogens with zero attached hydrogens (tertiary/aromatic N) is 2. The van der Waals surface area contributed by atoms with E-state index in [4.69, 9.17) is 23.8 Å². The second kappa shape index (κ2) is 7.41. The molecule has 1 aliphatic heterocycles. The third-order valence-electron chi connectivity index (χ3n) is 4.59. The first-order valence-corrected chi connectivity index (χ1v) is 8.96. The first-order valence-electron chi connectivity index (χ1n) is 8.17. The fourth-order valence-corrected chi connectivity index (χ4v) is 3.40. The number of nitrogens with one attached hydrogen (secondary N) is 1. The number of hydrogen-bond donors (Lipinski definition) is 1. The second-order valence-corrected chi connectivity index (χ2v) is 6.95. The average Bonchev–Trinajstić information content (AvgIpc) is 2.59. The smallest absolute Gasteiger partial charge is 0.173 e. The Kier molecular flexibility index (Phi) is 5.27. The van der Waals surface area contributed by atoms with Gasteiger partial charge in [0.25, 0.3) is 0 Å². The van der Waals surface area contributed by atoms with Crippen LogP contribution in [0.2, 0.25) is 5.02 Å². The van der Waals surface area contributed by atoms with Gasteiger partial charge in [0, 0.05) is 42.6 Å². The Hall–Kier alpha value is -1.78. The third-order valence-corrected chi connectivity index (χ3v) is 5.18. The molecule has 1 heterocycles. The summed E-state index contributed by atoms with van der Waals surface area (Å²) in [7, 11) is 0. The molecule has 3 nitrogen and oxygen atoms in total. The second-order valence-electron chi connectivity index (χ2n) is 6.13. The SMILES string of the molecule is Cc1cccc(NC(=S)N2CCN(c3cccc(Cl)c3)CC2)c1C. The molecule has 0 unspecified atom stereocenters. The Morgan fingerprint density at radius 2 is 1.75 bits per heavy atom. The Balaban J connectivity index is 1.60. The van der Waals surface area contributed by atoms with Crippen molar-refractivity contribution in [1.82, 2.24) is 4.90 Å². The van der Waals surface area contributed by atoms with E-state index in [1.54, 1.807) is 0 Å². The van der Waals surface area contributed by atoms with E-state index in [2.05, 4.69) is 53.2 Å². The lowest BCUT2D eigenvalue weighted by Crippen LogP contribution is -2.50. The molecule has 2 aromatic carbocycles. The Labute approximate surface area is 154 Å². The van der Waals surface area contributed by atoms with Crippen molar-refractivity contribution < 1.29 is 0 Å². The van der Waals surface area contributed by atoms with Crippen LogP contribution in [0.15, 0.2) is 42.5 Å². The summed E-state index contributed by atoms with van der Waals surface area (Å²) in [4.78, 5) is 4.58. The van der Waals surface area contributed by atoms with Crippen LogP contribution in [0.1, 0.15) is 11.1 Å². The van der Waals surface area contributed by atoms with Gasteiger partial charge in [-0.25, -0.2) is 0 Å². The molecule has 0 amide bonds. The van der Waals surface area contributed by atoms with Crippen molar-refractivity contribution in [2.75, 3.05) is 36.4 Å². The maximum Gasteiger partial charge on any atom is 0.173 e. The highest BCUT2D eigenvalue weighted by Gasteiger charge is 2.19. The lowest BCUT2D eigenvalue weighted by atomic mass is 10.1. The minimum atomic E-state index is 0.780. The van der Waals surface area contributed by atoms with E-state index >= 15 is 0 Å². The number of halogens is 1. The molecule has 5 heteroatoms. The first kappa shape index (κ1) is 17.1. The van der Waals surface area contributed by atoms with Crippen LogP contribution in [0.3, 0.4) is 0 Å². The van der Waals surface area contributed by atoms with Gasteiger partial charge in [-0.05, 0) is 61.5 Å². The van der Waals surface area contributed by atoms with E-state index < -0.39 is 0 Å². The van der Waals surface area contributed by atoms with Crippen LogP contribution in [-0.4, -0.2) is 36.2 Å².